The summed E-state index contributed by atoms with van der Waals surface area (Å²) in [5.74, 6) is -0.248. The van der Waals surface area contributed by atoms with E-state index in [0.717, 1.165) is 5.56 Å². The lowest BCUT2D eigenvalue weighted by atomic mass is 10.2. The van der Waals surface area contributed by atoms with Crippen molar-refractivity contribution >= 4 is 5.97 Å². The minimum Gasteiger partial charge on any atom is -0.468 e. The van der Waals surface area contributed by atoms with Gasteiger partial charge in [0.2, 0.25) is 0 Å². The zero-order chi connectivity index (χ0) is 13.5. The van der Waals surface area contributed by atoms with Crippen LogP contribution in [0.3, 0.4) is 0 Å². The molecule has 0 aliphatic carbocycles. The van der Waals surface area contributed by atoms with Crippen molar-refractivity contribution in [2.24, 2.45) is 0 Å². The highest BCUT2D eigenvalue weighted by molar-refractivity contribution is 5.75. The summed E-state index contributed by atoms with van der Waals surface area (Å²) in [5, 5.41) is 2.95. The van der Waals surface area contributed by atoms with Crippen LogP contribution < -0.4 is 10.1 Å². The molecular formula is C12H15F2NO3. The van der Waals surface area contributed by atoms with Crippen molar-refractivity contribution in [1.29, 1.82) is 0 Å². The molecule has 0 bridgehead atoms. The fourth-order valence-electron chi connectivity index (χ4n) is 1.32. The van der Waals surface area contributed by atoms with Gasteiger partial charge in [-0.05, 0) is 24.6 Å². The van der Waals surface area contributed by atoms with Crippen molar-refractivity contribution in [2.75, 3.05) is 7.11 Å². The molecule has 1 rings (SSSR count). The van der Waals surface area contributed by atoms with Crippen molar-refractivity contribution in [3.05, 3.63) is 29.8 Å². The molecule has 0 aliphatic heterocycles. The van der Waals surface area contributed by atoms with Crippen LogP contribution in [-0.4, -0.2) is 25.7 Å². The second-order valence-corrected chi connectivity index (χ2v) is 3.65. The molecule has 0 aliphatic rings. The number of ether oxygens (including phenoxy) is 2. The number of halogens is 2. The van der Waals surface area contributed by atoms with E-state index in [1.807, 2.05) is 0 Å². The highest BCUT2D eigenvalue weighted by Gasteiger charge is 2.11. The minimum atomic E-state index is -2.83. The number of carbonyl (C=O) groups is 1. The molecule has 0 unspecified atom stereocenters. The number of alkyl halides is 2. The Labute approximate surface area is 104 Å². The van der Waals surface area contributed by atoms with Crippen LogP contribution in [0.15, 0.2) is 24.3 Å². The Bertz CT molecular complexity index is 381. The lowest BCUT2D eigenvalue weighted by Gasteiger charge is -2.11. The number of hydrogen-bond donors (Lipinski definition) is 1. The van der Waals surface area contributed by atoms with Crippen molar-refractivity contribution in [3.63, 3.8) is 0 Å². The molecule has 0 amide bonds. The highest BCUT2D eigenvalue weighted by Crippen LogP contribution is 2.14. The normalized spacial score (nSPS) is 12.3. The Morgan fingerprint density at radius 2 is 1.94 bits per heavy atom. The lowest BCUT2D eigenvalue weighted by molar-refractivity contribution is -0.142. The van der Waals surface area contributed by atoms with E-state index in [4.69, 9.17) is 0 Å². The van der Waals surface area contributed by atoms with Gasteiger partial charge in [0.05, 0.1) is 7.11 Å². The third-order valence-electron chi connectivity index (χ3n) is 2.32. The summed E-state index contributed by atoms with van der Waals surface area (Å²) in [5.41, 5.74) is 0.854. The molecule has 0 aromatic heterocycles. The standard InChI is InChI=1S/C12H15F2NO3/c1-8(11(16)17-2)15-7-9-3-5-10(6-4-9)18-12(13)14/h3-6,8,12,15H,7H2,1-2H3/t8-/m1/s1. The number of esters is 1. The molecule has 1 aromatic rings. The van der Waals surface area contributed by atoms with E-state index in [1.165, 1.54) is 19.2 Å². The predicted octanol–water partition coefficient (Wildman–Crippen LogP) is 1.94. The van der Waals surface area contributed by atoms with Gasteiger partial charge in [-0.25, -0.2) is 0 Å². The van der Waals surface area contributed by atoms with Crippen molar-refractivity contribution in [2.45, 2.75) is 26.1 Å². The number of methoxy groups -OCH3 is 1. The molecule has 6 heteroatoms. The predicted molar refractivity (Wildman–Crippen MR) is 61.4 cm³/mol. The first-order valence-electron chi connectivity index (χ1n) is 5.38. The molecule has 0 heterocycles. The molecule has 4 nitrogen and oxygen atoms in total. The average Bonchev–Trinajstić information content (AvgIpc) is 2.36. The van der Waals surface area contributed by atoms with Gasteiger partial charge in [0.15, 0.2) is 0 Å². The fraction of sp³-hybridized carbons (Fsp3) is 0.417. The van der Waals surface area contributed by atoms with Crippen molar-refractivity contribution in [3.8, 4) is 5.75 Å². The maximum atomic E-state index is 11.9. The van der Waals surface area contributed by atoms with E-state index in [9.17, 15) is 13.6 Å². The fourth-order valence-corrected chi connectivity index (χ4v) is 1.32. The summed E-state index contributed by atoms with van der Waals surface area (Å²) >= 11 is 0. The second-order valence-electron chi connectivity index (χ2n) is 3.65. The summed E-state index contributed by atoms with van der Waals surface area (Å²) in [6.45, 7) is -0.709. The molecule has 0 fully saturated rings. The molecule has 1 atom stereocenters. The van der Waals surface area contributed by atoms with E-state index in [1.54, 1.807) is 19.1 Å². The third-order valence-corrected chi connectivity index (χ3v) is 2.32. The topological polar surface area (TPSA) is 47.6 Å². The average molecular weight is 259 g/mol. The molecule has 0 radical (unpaired) electrons. The van der Waals surface area contributed by atoms with Crippen LogP contribution in [-0.2, 0) is 16.1 Å². The van der Waals surface area contributed by atoms with Crippen molar-refractivity contribution in [1.82, 2.24) is 5.32 Å². The number of hydrogen-bond acceptors (Lipinski definition) is 4. The minimum absolute atomic E-state index is 0.106. The smallest absolute Gasteiger partial charge is 0.387 e. The van der Waals surface area contributed by atoms with Gasteiger partial charge in [-0.3, -0.25) is 4.79 Å². The van der Waals surface area contributed by atoms with Gasteiger partial charge in [-0.1, -0.05) is 12.1 Å². The van der Waals surface area contributed by atoms with Gasteiger partial charge in [0.1, 0.15) is 11.8 Å². The van der Waals surface area contributed by atoms with Crippen LogP contribution in [0.2, 0.25) is 0 Å². The van der Waals surface area contributed by atoms with E-state index in [-0.39, 0.29) is 11.7 Å². The molecule has 1 aromatic carbocycles. The maximum absolute atomic E-state index is 11.9. The molecule has 100 valence electrons. The van der Waals surface area contributed by atoms with Crippen LogP contribution in [0.5, 0.6) is 5.75 Å². The quantitative estimate of drug-likeness (QED) is 0.793. The first-order valence-corrected chi connectivity index (χ1v) is 5.38. The molecule has 1 N–H and O–H groups in total. The Hall–Kier alpha value is -1.69. The number of nitrogens with one attached hydrogen (secondary N) is 1. The Morgan fingerprint density at radius 3 is 2.44 bits per heavy atom. The Morgan fingerprint density at radius 1 is 1.33 bits per heavy atom. The molecule has 0 saturated heterocycles. The lowest BCUT2D eigenvalue weighted by Crippen LogP contribution is -2.34. The van der Waals surface area contributed by atoms with Crippen LogP contribution in [0, 0.1) is 0 Å². The van der Waals surface area contributed by atoms with Gasteiger partial charge >= 0.3 is 12.6 Å². The van der Waals surface area contributed by atoms with Crippen LogP contribution in [0.25, 0.3) is 0 Å². The summed E-state index contributed by atoms with van der Waals surface area (Å²) in [6.07, 6.45) is 0. The van der Waals surface area contributed by atoms with Crippen molar-refractivity contribution < 1.29 is 23.0 Å². The highest BCUT2D eigenvalue weighted by atomic mass is 19.3. The number of rotatable bonds is 6. The zero-order valence-electron chi connectivity index (χ0n) is 10.2. The van der Waals surface area contributed by atoms with Gasteiger partial charge in [0.25, 0.3) is 0 Å². The van der Waals surface area contributed by atoms with Crippen LogP contribution in [0.4, 0.5) is 8.78 Å². The van der Waals surface area contributed by atoms with Gasteiger partial charge in [-0.15, -0.1) is 0 Å². The van der Waals surface area contributed by atoms with Gasteiger partial charge < -0.3 is 14.8 Å². The molecular weight excluding hydrogens is 244 g/mol. The Kier molecular flexibility index (Phi) is 5.51. The summed E-state index contributed by atoms with van der Waals surface area (Å²) in [7, 11) is 1.32. The van der Waals surface area contributed by atoms with Gasteiger partial charge in [-0.2, -0.15) is 8.78 Å². The van der Waals surface area contributed by atoms with E-state index in [2.05, 4.69) is 14.8 Å². The first kappa shape index (κ1) is 14.4. The molecule has 0 saturated carbocycles. The summed E-state index contributed by atoms with van der Waals surface area (Å²) < 4.78 is 32.6. The SMILES string of the molecule is COC(=O)[C@@H](C)NCc1ccc(OC(F)F)cc1. The van der Waals surface area contributed by atoms with E-state index < -0.39 is 12.7 Å². The Balaban J connectivity index is 2.46. The molecule has 18 heavy (non-hydrogen) atoms. The van der Waals surface area contributed by atoms with E-state index in [0.29, 0.717) is 6.54 Å². The third kappa shape index (κ3) is 4.67. The zero-order valence-corrected chi connectivity index (χ0v) is 10.2. The maximum Gasteiger partial charge on any atom is 0.387 e. The summed E-state index contributed by atoms with van der Waals surface area (Å²) in [4.78, 5) is 11.1. The molecule has 0 spiro atoms. The van der Waals surface area contributed by atoms with Crippen LogP contribution >= 0.6 is 0 Å². The van der Waals surface area contributed by atoms with Crippen LogP contribution in [0.1, 0.15) is 12.5 Å². The first-order chi connectivity index (χ1) is 8.52. The number of carbonyl (C=O) groups excluding carboxylic acids is 1. The monoisotopic (exact) mass is 259 g/mol. The van der Waals surface area contributed by atoms with E-state index >= 15 is 0 Å². The van der Waals surface area contributed by atoms with Gasteiger partial charge in [0, 0.05) is 6.54 Å². The number of benzene rings is 1. The largest absolute Gasteiger partial charge is 0.468 e. The second kappa shape index (κ2) is 6.90. The summed E-state index contributed by atoms with van der Waals surface area (Å²) in [6, 6.07) is 5.77.